The Bertz CT molecular complexity index is 660. The maximum absolute atomic E-state index is 13.1. The second kappa shape index (κ2) is 7.36. The molecule has 1 N–H and O–H groups in total. The van der Waals surface area contributed by atoms with Gasteiger partial charge in [0, 0.05) is 12.0 Å². The molecule has 0 radical (unpaired) electrons. The maximum Gasteiger partial charge on any atom is 0.416 e. The summed E-state index contributed by atoms with van der Waals surface area (Å²) in [6, 6.07) is 4.67. The molecule has 2 nitrogen and oxygen atoms in total. The average molecular weight is 393 g/mol. The number of amides is 1. The molecule has 0 aromatic heterocycles. The Balaban J connectivity index is 1.53. The van der Waals surface area contributed by atoms with Gasteiger partial charge in [-0.05, 0) is 49.3 Å². The quantitative estimate of drug-likeness (QED) is 0.681. The summed E-state index contributed by atoms with van der Waals surface area (Å²) in [6.45, 7) is 0. The molecule has 2 unspecified atom stereocenters. The number of nitrogens with one attached hydrogen (secondary N) is 1. The number of rotatable bonds is 3. The van der Waals surface area contributed by atoms with Crippen molar-refractivity contribution in [2.75, 3.05) is 0 Å². The van der Waals surface area contributed by atoms with Crippen LogP contribution in [0.3, 0.4) is 0 Å². The Morgan fingerprint density at radius 3 is 2.07 bits per heavy atom. The molecule has 0 saturated heterocycles. The minimum atomic E-state index is -4.39. The van der Waals surface area contributed by atoms with Crippen molar-refractivity contribution in [1.82, 2.24) is 5.32 Å². The first-order valence-electron chi connectivity index (χ1n) is 9.10. The van der Waals surface area contributed by atoms with Gasteiger partial charge in [0.2, 0.25) is 5.91 Å². The van der Waals surface area contributed by atoms with Crippen LogP contribution in [0.2, 0.25) is 0 Å². The van der Waals surface area contributed by atoms with Gasteiger partial charge in [-0.15, -0.1) is 0 Å². The van der Waals surface area contributed by atoms with Crippen LogP contribution < -0.4 is 5.32 Å². The Kier molecular flexibility index (Phi) is 5.45. The first-order chi connectivity index (χ1) is 12.6. The van der Waals surface area contributed by atoms with E-state index in [0.29, 0.717) is 25.7 Å². The van der Waals surface area contributed by atoms with Gasteiger partial charge in [-0.3, -0.25) is 4.79 Å². The molecule has 27 heavy (non-hydrogen) atoms. The normalized spacial score (nSPS) is 29.1. The van der Waals surface area contributed by atoms with Gasteiger partial charge in [-0.1, -0.05) is 25.0 Å². The highest BCUT2D eigenvalue weighted by Gasteiger charge is 2.48. The van der Waals surface area contributed by atoms with Crippen LogP contribution in [-0.4, -0.2) is 18.1 Å². The molecule has 150 valence electrons. The van der Waals surface area contributed by atoms with E-state index in [1.165, 1.54) is 12.1 Å². The van der Waals surface area contributed by atoms with Gasteiger partial charge in [0.25, 0.3) is 0 Å². The topological polar surface area (TPSA) is 29.1 Å². The number of carbonyl (C=O) groups is 1. The van der Waals surface area contributed by atoms with Crippen LogP contribution in [0.25, 0.3) is 0 Å². The summed E-state index contributed by atoms with van der Waals surface area (Å²) in [4.78, 5) is 12.3. The fraction of sp³-hybridized carbons (Fsp3) is 0.632. The van der Waals surface area contributed by atoms with Gasteiger partial charge in [-0.2, -0.15) is 26.3 Å². The highest BCUT2D eigenvalue weighted by Crippen LogP contribution is 2.43. The van der Waals surface area contributed by atoms with Crippen LogP contribution in [-0.2, 0) is 11.0 Å². The molecule has 3 rings (SSSR count). The second-order valence-corrected chi connectivity index (χ2v) is 7.53. The number of hydrogen-bond donors (Lipinski definition) is 1. The van der Waals surface area contributed by atoms with Crippen molar-refractivity contribution in [3.63, 3.8) is 0 Å². The second-order valence-electron chi connectivity index (χ2n) is 7.53. The maximum atomic E-state index is 13.1. The predicted octanol–water partition coefficient (Wildman–Crippen LogP) is 5.44. The van der Waals surface area contributed by atoms with Crippen LogP contribution in [0.15, 0.2) is 24.3 Å². The minimum absolute atomic E-state index is 0.0135. The first-order valence-corrected chi connectivity index (χ1v) is 9.10. The molecule has 1 amide bonds. The van der Waals surface area contributed by atoms with E-state index in [9.17, 15) is 31.1 Å². The van der Waals surface area contributed by atoms with Crippen molar-refractivity contribution < 1.29 is 31.1 Å². The lowest BCUT2D eigenvalue weighted by atomic mass is 9.74. The van der Waals surface area contributed by atoms with Crippen molar-refractivity contribution >= 4 is 5.91 Å². The summed E-state index contributed by atoms with van der Waals surface area (Å²) < 4.78 is 77.1. The van der Waals surface area contributed by atoms with Crippen LogP contribution in [0.5, 0.6) is 0 Å². The smallest absolute Gasteiger partial charge is 0.353 e. The molecule has 0 heterocycles. The highest BCUT2D eigenvalue weighted by molar-refractivity contribution is 5.79. The zero-order valence-electron chi connectivity index (χ0n) is 14.5. The standard InChI is InChI=1S/C19H21F6NO/c20-18(21,22)13-7-5-11(6-8-13)12-9-14(10-12)26-17(27)15-3-1-2-4-16(15)19(23,24)25/h5-8,12,14-16H,1-4,9-10H2,(H,26,27). The van der Waals surface area contributed by atoms with E-state index in [2.05, 4.69) is 5.32 Å². The third kappa shape index (κ3) is 4.58. The van der Waals surface area contributed by atoms with Gasteiger partial charge in [0.05, 0.1) is 11.5 Å². The third-order valence-corrected chi connectivity index (χ3v) is 5.72. The lowest BCUT2D eigenvalue weighted by molar-refractivity contribution is -0.198. The van der Waals surface area contributed by atoms with E-state index in [0.717, 1.165) is 17.7 Å². The SMILES string of the molecule is O=C(NC1CC(c2ccc(C(F)(F)F)cc2)C1)C1CCCCC1C(F)(F)F. The average Bonchev–Trinajstić information content (AvgIpc) is 2.56. The monoisotopic (exact) mass is 393 g/mol. The number of alkyl halides is 6. The summed E-state index contributed by atoms with van der Waals surface area (Å²) in [6.07, 6.45) is -6.38. The van der Waals surface area contributed by atoms with Gasteiger partial charge < -0.3 is 5.32 Å². The Labute approximate surface area is 153 Å². The van der Waals surface area contributed by atoms with Gasteiger partial charge in [-0.25, -0.2) is 0 Å². The summed E-state index contributed by atoms with van der Waals surface area (Å²) in [7, 11) is 0. The van der Waals surface area contributed by atoms with E-state index < -0.39 is 35.7 Å². The zero-order valence-corrected chi connectivity index (χ0v) is 14.5. The molecule has 2 aliphatic rings. The minimum Gasteiger partial charge on any atom is -0.353 e. The fourth-order valence-electron chi connectivity index (χ4n) is 4.10. The van der Waals surface area contributed by atoms with E-state index in [1.807, 2.05) is 0 Å². The number of hydrogen-bond acceptors (Lipinski definition) is 1. The van der Waals surface area contributed by atoms with E-state index in [1.54, 1.807) is 0 Å². The highest BCUT2D eigenvalue weighted by atomic mass is 19.4. The third-order valence-electron chi connectivity index (χ3n) is 5.72. The van der Waals surface area contributed by atoms with Gasteiger partial charge >= 0.3 is 12.4 Å². The Morgan fingerprint density at radius 2 is 1.52 bits per heavy atom. The Hall–Kier alpha value is -1.73. The Morgan fingerprint density at radius 1 is 0.926 bits per heavy atom. The van der Waals surface area contributed by atoms with Crippen LogP contribution in [0.1, 0.15) is 55.6 Å². The van der Waals surface area contributed by atoms with Crippen LogP contribution in [0.4, 0.5) is 26.3 Å². The molecular weight excluding hydrogens is 372 g/mol. The first kappa shape index (κ1) is 20.0. The summed E-state index contributed by atoms with van der Waals surface area (Å²) in [5.74, 6) is -3.16. The number of benzene rings is 1. The van der Waals surface area contributed by atoms with Crippen molar-refractivity contribution in [1.29, 1.82) is 0 Å². The molecule has 2 fully saturated rings. The molecule has 0 bridgehead atoms. The van der Waals surface area contributed by atoms with Crippen molar-refractivity contribution in [3.05, 3.63) is 35.4 Å². The molecule has 8 heteroatoms. The van der Waals surface area contributed by atoms with E-state index in [-0.39, 0.29) is 24.8 Å². The molecular formula is C19H21F6NO. The lowest BCUT2D eigenvalue weighted by Crippen LogP contribution is -2.49. The van der Waals surface area contributed by atoms with Crippen molar-refractivity contribution in [2.45, 2.75) is 62.8 Å². The van der Waals surface area contributed by atoms with Crippen molar-refractivity contribution in [3.8, 4) is 0 Å². The van der Waals surface area contributed by atoms with Crippen LogP contribution in [0, 0.1) is 11.8 Å². The molecule has 2 saturated carbocycles. The zero-order chi connectivity index (χ0) is 19.8. The largest absolute Gasteiger partial charge is 0.416 e. The molecule has 2 atom stereocenters. The number of halogens is 6. The van der Waals surface area contributed by atoms with E-state index >= 15 is 0 Å². The molecule has 2 aliphatic carbocycles. The molecule has 0 aliphatic heterocycles. The van der Waals surface area contributed by atoms with E-state index in [4.69, 9.17) is 0 Å². The molecule has 1 aromatic rings. The van der Waals surface area contributed by atoms with Gasteiger partial charge in [0.1, 0.15) is 0 Å². The summed E-state index contributed by atoms with van der Waals surface area (Å²) >= 11 is 0. The molecule has 0 spiro atoms. The van der Waals surface area contributed by atoms with Gasteiger partial charge in [0.15, 0.2) is 0 Å². The number of carbonyl (C=O) groups excluding carboxylic acids is 1. The van der Waals surface area contributed by atoms with Crippen molar-refractivity contribution in [2.24, 2.45) is 11.8 Å². The summed E-state index contributed by atoms with van der Waals surface area (Å²) in [5, 5.41) is 2.70. The molecule has 1 aromatic carbocycles. The lowest BCUT2D eigenvalue weighted by Gasteiger charge is -2.39. The predicted molar refractivity (Wildman–Crippen MR) is 86.9 cm³/mol. The summed E-state index contributed by atoms with van der Waals surface area (Å²) in [5.41, 5.74) is 0.0326. The fourth-order valence-corrected chi connectivity index (χ4v) is 4.10. The van der Waals surface area contributed by atoms with Crippen LogP contribution >= 0.6 is 0 Å².